The van der Waals surface area contributed by atoms with Gasteiger partial charge < -0.3 is 5.11 Å². The molecule has 21 heavy (non-hydrogen) atoms. The van der Waals surface area contributed by atoms with E-state index in [9.17, 15) is 5.11 Å². The lowest BCUT2D eigenvalue weighted by molar-refractivity contribution is -0.173. The molecule has 4 aliphatic carbocycles. The van der Waals surface area contributed by atoms with E-state index in [2.05, 4.69) is 39.8 Å². The first-order chi connectivity index (χ1) is 9.79. The van der Waals surface area contributed by atoms with Gasteiger partial charge in [-0.15, -0.1) is 0 Å². The smallest absolute Gasteiger partial charge is 0.0594 e. The molecule has 0 saturated heterocycles. The summed E-state index contributed by atoms with van der Waals surface area (Å²) in [7, 11) is 0. The van der Waals surface area contributed by atoms with Crippen LogP contribution in [0, 0.1) is 39.9 Å². The summed E-state index contributed by atoms with van der Waals surface area (Å²) < 4.78 is 0. The summed E-state index contributed by atoms with van der Waals surface area (Å²) in [5.41, 5.74) is 1.10. The van der Waals surface area contributed by atoms with E-state index in [1.165, 1.54) is 32.1 Å². The molecule has 0 aromatic heterocycles. The third-order valence-electron chi connectivity index (χ3n) is 8.56. The van der Waals surface area contributed by atoms with Gasteiger partial charge in [0.25, 0.3) is 0 Å². The second-order valence-electron chi connectivity index (χ2n) is 9.71. The van der Waals surface area contributed by atoms with E-state index >= 15 is 0 Å². The van der Waals surface area contributed by atoms with Crippen LogP contribution in [0.15, 0.2) is 12.2 Å². The van der Waals surface area contributed by atoms with E-state index in [0.717, 1.165) is 24.2 Å². The average Bonchev–Trinajstić information content (AvgIpc) is 2.40. The maximum absolute atomic E-state index is 10.5. The molecule has 0 unspecified atom stereocenters. The Morgan fingerprint density at radius 1 is 0.952 bits per heavy atom. The van der Waals surface area contributed by atoms with Crippen molar-refractivity contribution in [1.82, 2.24) is 0 Å². The zero-order valence-electron chi connectivity index (χ0n) is 14.2. The van der Waals surface area contributed by atoms with Crippen LogP contribution in [0.5, 0.6) is 0 Å². The van der Waals surface area contributed by atoms with Crippen LogP contribution in [0.25, 0.3) is 0 Å². The van der Waals surface area contributed by atoms with E-state index in [0.29, 0.717) is 16.7 Å². The van der Waals surface area contributed by atoms with Crippen LogP contribution in [0.2, 0.25) is 0 Å². The van der Waals surface area contributed by atoms with Gasteiger partial charge in [-0.05, 0) is 78.4 Å². The van der Waals surface area contributed by atoms with Crippen LogP contribution >= 0.6 is 0 Å². The maximum atomic E-state index is 10.5. The van der Waals surface area contributed by atoms with Crippen molar-refractivity contribution in [3.05, 3.63) is 12.2 Å². The molecule has 0 bridgehead atoms. The summed E-state index contributed by atoms with van der Waals surface area (Å²) in [5.74, 6) is 3.37. The van der Waals surface area contributed by atoms with Crippen LogP contribution in [-0.2, 0) is 0 Å². The van der Waals surface area contributed by atoms with Gasteiger partial charge in [0, 0.05) is 0 Å². The van der Waals surface area contributed by atoms with Crippen molar-refractivity contribution in [3.8, 4) is 0 Å². The average molecular weight is 288 g/mol. The van der Waals surface area contributed by atoms with Crippen LogP contribution < -0.4 is 0 Å². The number of aliphatic hydroxyl groups excluding tert-OH is 1. The molecule has 7 atom stereocenters. The Bertz CT molecular complexity index is 478. The normalized spacial score (nSPS) is 57.7. The first kappa shape index (κ1) is 14.3. The molecule has 0 radical (unpaired) electrons. The van der Waals surface area contributed by atoms with Crippen LogP contribution in [0.1, 0.15) is 66.2 Å². The van der Waals surface area contributed by atoms with Crippen molar-refractivity contribution in [2.75, 3.05) is 0 Å². The largest absolute Gasteiger partial charge is 0.393 e. The molecule has 0 amide bonds. The first-order valence-corrected chi connectivity index (χ1v) is 9.16. The predicted molar refractivity (Wildman–Crippen MR) is 86.8 cm³/mol. The molecular weight excluding hydrogens is 256 g/mol. The highest BCUT2D eigenvalue weighted by Crippen LogP contribution is 2.68. The van der Waals surface area contributed by atoms with E-state index < -0.39 is 0 Å². The third kappa shape index (κ3) is 1.68. The molecule has 0 aromatic rings. The second-order valence-corrected chi connectivity index (χ2v) is 9.71. The maximum Gasteiger partial charge on any atom is 0.0594 e. The highest BCUT2D eigenvalue weighted by atomic mass is 16.3. The SMILES string of the molecule is CC1(C)[C@H]2CC[C@H]3[C@H]4C=C[C@@]4(C)CC[C@@H]3[C@]2(C)CC[C@@H]1O. The number of allylic oxidation sites excluding steroid dienone is 2. The molecule has 118 valence electrons. The van der Waals surface area contributed by atoms with Crippen LogP contribution in [-0.4, -0.2) is 11.2 Å². The lowest BCUT2D eigenvalue weighted by atomic mass is 9.40. The standard InChI is InChI=1S/C20H32O/c1-18(2)16-6-5-13-14-7-10-19(14,3)11-8-15(13)20(16,4)12-9-17(18)21/h7,10,13-17,21H,5-6,8-9,11-12H2,1-4H3/t13-,14+,15-,16+,17-,19-,20-/m0/s1. The summed E-state index contributed by atoms with van der Waals surface area (Å²) in [5, 5.41) is 10.5. The quantitative estimate of drug-likeness (QED) is 0.635. The Morgan fingerprint density at radius 3 is 2.38 bits per heavy atom. The van der Waals surface area contributed by atoms with Crippen molar-refractivity contribution < 1.29 is 5.11 Å². The molecule has 4 rings (SSSR count). The van der Waals surface area contributed by atoms with Gasteiger partial charge in [0.15, 0.2) is 0 Å². The van der Waals surface area contributed by atoms with Gasteiger partial charge in [-0.3, -0.25) is 0 Å². The van der Waals surface area contributed by atoms with Gasteiger partial charge in [0.05, 0.1) is 6.10 Å². The lowest BCUT2D eigenvalue weighted by Crippen LogP contribution is -2.59. The topological polar surface area (TPSA) is 20.2 Å². The van der Waals surface area contributed by atoms with Crippen molar-refractivity contribution in [3.63, 3.8) is 0 Å². The Morgan fingerprint density at radius 2 is 1.71 bits per heavy atom. The van der Waals surface area contributed by atoms with Crippen molar-refractivity contribution >= 4 is 0 Å². The Labute approximate surface area is 130 Å². The molecule has 1 N–H and O–H groups in total. The minimum absolute atomic E-state index is 0.0930. The van der Waals surface area contributed by atoms with E-state index in [1.54, 1.807) is 0 Å². The molecule has 3 saturated carbocycles. The highest BCUT2D eigenvalue weighted by Gasteiger charge is 2.61. The third-order valence-corrected chi connectivity index (χ3v) is 8.56. The molecule has 3 fully saturated rings. The molecule has 0 spiro atoms. The number of hydrogen-bond donors (Lipinski definition) is 1. The van der Waals surface area contributed by atoms with Gasteiger partial charge in [0.2, 0.25) is 0 Å². The fourth-order valence-electron chi connectivity index (χ4n) is 7.13. The summed E-state index contributed by atoms with van der Waals surface area (Å²) in [6, 6.07) is 0. The van der Waals surface area contributed by atoms with Crippen LogP contribution in [0.4, 0.5) is 0 Å². The summed E-state index contributed by atoms with van der Waals surface area (Å²) >= 11 is 0. The molecule has 0 aliphatic heterocycles. The van der Waals surface area contributed by atoms with E-state index in [4.69, 9.17) is 0 Å². The summed E-state index contributed by atoms with van der Waals surface area (Å²) in [6.45, 7) is 9.72. The lowest BCUT2D eigenvalue weighted by Gasteiger charge is -2.65. The highest BCUT2D eigenvalue weighted by molar-refractivity contribution is 5.23. The Kier molecular flexibility index (Phi) is 2.83. The van der Waals surface area contributed by atoms with Gasteiger partial charge in [-0.1, -0.05) is 39.8 Å². The second kappa shape index (κ2) is 4.16. The molecular formula is C20H32O. The number of rotatable bonds is 0. The molecule has 0 heterocycles. The number of fused-ring (bicyclic) bond motifs is 5. The predicted octanol–water partition coefficient (Wildman–Crippen LogP) is 4.80. The number of aliphatic hydroxyl groups is 1. The van der Waals surface area contributed by atoms with E-state index in [1.807, 2.05) is 0 Å². The van der Waals surface area contributed by atoms with E-state index in [-0.39, 0.29) is 11.5 Å². The zero-order chi connectivity index (χ0) is 15.0. The summed E-state index contributed by atoms with van der Waals surface area (Å²) in [4.78, 5) is 0. The minimum atomic E-state index is -0.0930. The molecule has 1 heteroatoms. The van der Waals surface area contributed by atoms with Gasteiger partial charge in [-0.2, -0.15) is 0 Å². The van der Waals surface area contributed by atoms with Gasteiger partial charge in [0.1, 0.15) is 0 Å². The van der Waals surface area contributed by atoms with Crippen molar-refractivity contribution in [2.24, 2.45) is 39.9 Å². The molecule has 1 nitrogen and oxygen atoms in total. The monoisotopic (exact) mass is 288 g/mol. The molecule has 4 aliphatic rings. The van der Waals surface area contributed by atoms with Gasteiger partial charge in [-0.25, -0.2) is 0 Å². The van der Waals surface area contributed by atoms with Crippen molar-refractivity contribution in [1.29, 1.82) is 0 Å². The van der Waals surface area contributed by atoms with Gasteiger partial charge >= 0.3 is 0 Å². The molecule has 0 aromatic carbocycles. The number of hydrogen-bond acceptors (Lipinski definition) is 1. The van der Waals surface area contributed by atoms with Crippen LogP contribution in [0.3, 0.4) is 0 Å². The summed E-state index contributed by atoms with van der Waals surface area (Å²) in [6.07, 6.45) is 12.7. The first-order valence-electron chi connectivity index (χ1n) is 9.16. The zero-order valence-corrected chi connectivity index (χ0v) is 14.2. The Hall–Kier alpha value is -0.300. The minimum Gasteiger partial charge on any atom is -0.393 e. The fraction of sp³-hybridized carbons (Fsp3) is 0.900. The van der Waals surface area contributed by atoms with Crippen molar-refractivity contribution in [2.45, 2.75) is 72.3 Å². The fourth-order valence-corrected chi connectivity index (χ4v) is 7.13. The Balaban J connectivity index is 1.68.